The lowest BCUT2D eigenvalue weighted by atomic mass is 9.79. The highest BCUT2D eigenvalue weighted by molar-refractivity contribution is 9.10. The molecule has 1 N–H and O–H groups in total. The first kappa shape index (κ1) is 22.0. The van der Waals surface area contributed by atoms with Crippen molar-refractivity contribution >= 4 is 22.0 Å². The molecule has 2 aromatic carbocycles. The maximum Gasteiger partial charge on any atom is 0.407 e. The van der Waals surface area contributed by atoms with Gasteiger partial charge in [0.2, 0.25) is 0 Å². The molecule has 148 valence electrons. The minimum atomic E-state index is -0.929. The van der Waals surface area contributed by atoms with Gasteiger partial charge in [-0.25, -0.2) is 4.79 Å². The molecule has 0 aliphatic rings. The molecular weight excluding hydrogens is 416 g/mol. The number of hydrogen-bond acceptors (Lipinski definition) is 2. The first-order chi connectivity index (χ1) is 13.2. The Balaban J connectivity index is 2.19. The van der Waals surface area contributed by atoms with Gasteiger partial charge in [-0.2, -0.15) is 5.26 Å². The van der Waals surface area contributed by atoms with Crippen molar-refractivity contribution in [3.8, 4) is 6.07 Å². The Morgan fingerprint density at radius 1 is 1.14 bits per heavy atom. The normalized spacial score (nSPS) is 13.4. The molecule has 0 unspecified atom stereocenters. The maximum absolute atomic E-state index is 11.9. The maximum atomic E-state index is 11.9. The van der Waals surface area contributed by atoms with Crippen LogP contribution >= 0.6 is 15.9 Å². The van der Waals surface area contributed by atoms with Gasteiger partial charge < -0.3 is 10.0 Å². The van der Waals surface area contributed by atoms with Gasteiger partial charge in [-0.3, -0.25) is 0 Å². The van der Waals surface area contributed by atoms with E-state index in [2.05, 4.69) is 34.1 Å². The van der Waals surface area contributed by atoms with Crippen molar-refractivity contribution in [2.45, 2.75) is 45.6 Å². The number of carboxylic acid groups (broad SMARTS) is 1. The van der Waals surface area contributed by atoms with Crippen LogP contribution in [0.25, 0.3) is 0 Å². The van der Waals surface area contributed by atoms with Crippen LogP contribution in [0.2, 0.25) is 0 Å². The standard InChI is InChI=1S/C23H27BrN2O2/c1-17(18-9-11-21(24)12-10-18)26(22(27)28)14-13-20(15-23(2,3)16-25)19-7-5-4-6-8-19/h4-12,17,20H,13-15H2,1-3H3,(H,27,28)/t17-,20+/m0/s1. The summed E-state index contributed by atoms with van der Waals surface area (Å²) in [5.41, 5.74) is 1.64. The topological polar surface area (TPSA) is 64.3 Å². The highest BCUT2D eigenvalue weighted by Gasteiger charge is 2.27. The molecule has 0 saturated carbocycles. The third kappa shape index (κ3) is 6.10. The van der Waals surface area contributed by atoms with Gasteiger partial charge in [0.25, 0.3) is 0 Å². The Bertz CT molecular complexity index is 813. The molecule has 0 radical (unpaired) electrons. The van der Waals surface area contributed by atoms with E-state index in [-0.39, 0.29) is 12.0 Å². The second kappa shape index (κ2) is 9.75. The minimum absolute atomic E-state index is 0.120. The molecule has 2 aromatic rings. The molecule has 0 fully saturated rings. The van der Waals surface area contributed by atoms with Gasteiger partial charge in [0.15, 0.2) is 0 Å². The van der Waals surface area contributed by atoms with E-state index in [0.29, 0.717) is 19.4 Å². The Morgan fingerprint density at radius 2 is 1.75 bits per heavy atom. The quantitative estimate of drug-likeness (QED) is 0.500. The van der Waals surface area contributed by atoms with Crippen molar-refractivity contribution in [1.82, 2.24) is 4.90 Å². The van der Waals surface area contributed by atoms with Gasteiger partial charge in [-0.05, 0) is 62.8 Å². The van der Waals surface area contributed by atoms with Crippen molar-refractivity contribution in [2.24, 2.45) is 5.41 Å². The molecule has 28 heavy (non-hydrogen) atoms. The number of benzene rings is 2. The fourth-order valence-electron chi connectivity index (χ4n) is 3.44. The molecule has 2 rings (SSSR count). The summed E-state index contributed by atoms with van der Waals surface area (Å²) in [4.78, 5) is 13.4. The fraction of sp³-hybridized carbons (Fsp3) is 0.391. The molecule has 4 nitrogen and oxygen atoms in total. The van der Waals surface area contributed by atoms with Crippen LogP contribution < -0.4 is 0 Å². The van der Waals surface area contributed by atoms with Crippen LogP contribution in [0.1, 0.15) is 56.7 Å². The zero-order valence-corrected chi connectivity index (χ0v) is 18.2. The van der Waals surface area contributed by atoms with E-state index >= 15 is 0 Å². The zero-order chi connectivity index (χ0) is 20.7. The molecule has 5 heteroatoms. The molecular formula is C23H27BrN2O2. The lowest BCUT2D eigenvalue weighted by molar-refractivity contribution is 0.125. The summed E-state index contributed by atoms with van der Waals surface area (Å²) in [7, 11) is 0. The molecule has 1 amide bonds. The van der Waals surface area contributed by atoms with Gasteiger partial charge in [-0.15, -0.1) is 0 Å². The number of halogens is 1. The largest absolute Gasteiger partial charge is 0.465 e. The lowest BCUT2D eigenvalue weighted by Crippen LogP contribution is -2.34. The van der Waals surface area contributed by atoms with E-state index in [9.17, 15) is 15.2 Å². The van der Waals surface area contributed by atoms with E-state index in [1.807, 2.05) is 63.2 Å². The number of carbonyl (C=O) groups is 1. The molecule has 2 atom stereocenters. The van der Waals surface area contributed by atoms with Crippen LogP contribution in [-0.4, -0.2) is 22.6 Å². The molecule has 0 heterocycles. The summed E-state index contributed by atoms with van der Waals surface area (Å²) >= 11 is 3.41. The monoisotopic (exact) mass is 442 g/mol. The molecule has 0 aromatic heterocycles. The second-order valence-corrected chi connectivity index (χ2v) is 8.72. The van der Waals surface area contributed by atoms with E-state index in [1.165, 1.54) is 4.90 Å². The highest BCUT2D eigenvalue weighted by atomic mass is 79.9. The average Bonchev–Trinajstić information content (AvgIpc) is 2.68. The number of nitrogens with zero attached hydrogens (tertiary/aromatic N) is 2. The zero-order valence-electron chi connectivity index (χ0n) is 16.6. The third-order valence-electron chi connectivity index (χ3n) is 5.11. The van der Waals surface area contributed by atoms with Crippen LogP contribution in [0, 0.1) is 16.7 Å². The summed E-state index contributed by atoms with van der Waals surface area (Å²) in [5.74, 6) is 0.120. The van der Waals surface area contributed by atoms with E-state index in [0.717, 1.165) is 15.6 Å². The third-order valence-corrected chi connectivity index (χ3v) is 5.64. The molecule has 0 saturated heterocycles. The Labute approximate surface area is 175 Å². The summed E-state index contributed by atoms with van der Waals surface area (Å²) in [6.45, 7) is 6.19. The predicted molar refractivity (Wildman–Crippen MR) is 115 cm³/mol. The van der Waals surface area contributed by atoms with E-state index < -0.39 is 11.5 Å². The average molecular weight is 443 g/mol. The minimum Gasteiger partial charge on any atom is -0.465 e. The van der Waals surface area contributed by atoms with Crippen molar-refractivity contribution in [3.05, 3.63) is 70.2 Å². The Kier molecular flexibility index (Phi) is 7.65. The predicted octanol–water partition coefficient (Wildman–Crippen LogP) is 6.60. The van der Waals surface area contributed by atoms with Crippen LogP contribution in [0.4, 0.5) is 4.79 Å². The highest BCUT2D eigenvalue weighted by Crippen LogP contribution is 2.34. The number of nitriles is 1. The smallest absolute Gasteiger partial charge is 0.407 e. The number of amides is 1. The summed E-state index contributed by atoms with van der Waals surface area (Å²) in [6.07, 6.45) is 0.428. The SMILES string of the molecule is C[C@@H](c1ccc(Br)cc1)N(CC[C@H](CC(C)(C)C#N)c1ccccc1)C(=O)O. The van der Waals surface area contributed by atoms with Gasteiger partial charge in [0, 0.05) is 11.0 Å². The second-order valence-electron chi connectivity index (χ2n) is 7.80. The number of hydrogen-bond donors (Lipinski definition) is 1. The molecule has 0 aliphatic carbocycles. The van der Waals surface area contributed by atoms with Gasteiger partial charge >= 0.3 is 6.09 Å². The molecule has 0 spiro atoms. The van der Waals surface area contributed by atoms with Crippen LogP contribution in [0.15, 0.2) is 59.1 Å². The van der Waals surface area contributed by atoms with Gasteiger partial charge in [0.05, 0.1) is 17.5 Å². The van der Waals surface area contributed by atoms with Crippen molar-refractivity contribution in [3.63, 3.8) is 0 Å². The summed E-state index contributed by atoms with van der Waals surface area (Å²) in [6, 6.07) is 19.9. The first-order valence-corrected chi connectivity index (χ1v) is 10.2. The van der Waals surface area contributed by atoms with Gasteiger partial charge in [0.1, 0.15) is 0 Å². The Morgan fingerprint density at radius 3 is 2.29 bits per heavy atom. The van der Waals surface area contributed by atoms with Crippen LogP contribution in [0.3, 0.4) is 0 Å². The van der Waals surface area contributed by atoms with Crippen molar-refractivity contribution < 1.29 is 9.90 Å². The summed E-state index contributed by atoms with van der Waals surface area (Å²) < 4.78 is 0.966. The first-order valence-electron chi connectivity index (χ1n) is 9.45. The van der Waals surface area contributed by atoms with Crippen molar-refractivity contribution in [2.75, 3.05) is 6.54 Å². The van der Waals surface area contributed by atoms with Crippen LogP contribution in [-0.2, 0) is 0 Å². The summed E-state index contributed by atoms with van der Waals surface area (Å²) in [5, 5.41) is 19.2. The lowest BCUT2D eigenvalue weighted by Gasteiger charge is -2.30. The Hall–Kier alpha value is -2.32. The van der Waals surface area contributed by atoms with E-state index in [1.54, 1.807) is 0 Å². The van der Waals surface area contributed by atoms with Gasteiger partial charge in [-0.1, -0.05) is 58.4 Å². The van der Waals surface area contributed by atoms with Crippen LogP contribution in [0.5, 0.6) is 0 Å². The van der Waals surface area contributed by atoms with E-state index in [4.69, 9.17) is 0 Å². The van der Waals surface area contributed by atoms with Crippen molar-refractivity contribution in [1.29, 1.82) is 5.26 Å². The number of rotatable bonds is 8. The molecule has 0 bridgehead atoms. The molecule has 0 aliphatic heterocycles. The fourth-order valence-corrected chi connectivity index (χ4v) is 3.71.